The quantitative estimate of drug-likeness (QED) is 0.793. The maximum absolute atomic E-state index is 12.8. The number of aliphatic carboxylic acids is 1. The molecular weight excluding hydrogens is 360 g/mol. The highest BCUT2D eigenvalue weighted by molar-refractivity contribution is 6.35. The van der Waals surface area contributed by atoms with Gasteiger partial charge in [-0.05, 0) is 44.9 Å². The van der Waals surface area contributed by atoms with Crippen molar-refractivity contribution in [3.05, 3.63) is 29.0 Å². The summed E-state index contributed by atoms with van der Waals surface area (Å²) in [5.41, 5.74) is -0.252. The average molecular weight is 379 g/mol. The van der Waals surface area contributed by atoms with E-state index in [2.05, 4.69) is 4.98 Å². The summed E-state index contributed by atoms with van der Waals surface area (Å²) >= 11 is 6.19. The van der Waals surface area contributed by atoms with Crippen LogP contribution in [0.2, 0.25) is 5.15 Å². The minimum absolute atomic E-state index is 0.0586. The van der Waals surface area contributed by atoms with Crippen molar-refractivity contribution in [2.24, 2.45) is 0 Å². The number of carboxylic acid groups (broad SMARTS) is 1. The fraction of sp³-hybridized carbons (Fsp3) is 0.389. The van der Waals surface area contributed by atoms with Gasteiger partial charge in [0.05, 0.1) is 6.10 Å². The smallest absolute Gasteiger partial charge is 0.326 e. The van der Waals surface area contributed by atoms with Crippen LogP contribution < -0.4 is 4.74 Å². The van der Waals surface area contributed by atoms with E-state index in [1.165, 1.54) is 4.90 Å². The number of amides is 1. The molecule has 2 heterocycles. The summed E-state index contributed by atoms with van der Waals surface area (Å²) in [4.78, 5) is 29.4. The zero-order valence-corrected chi connectivity index (χ0v) is 15.2. The molecule has 1 saturated heterocycles. The number of benzene rings is 1. The first-order chi connectivity index (χ1) is 12.3. The van der Waals surface area contributed by atoms with E-state index in [0.717, 1.165) is 0 Å². The normalized spacial score (nSPS) is 17.1. The number of aromatic nitrogens is 1. The minimum atomic E-state index is -1.07. The fourth-order valence-corrected chi connectivity index (χ4v) is 3.38. The first-order valence-corrected chi connectivity index (χ1v) is 8.70. The molecule has 26 heavy (non-hydrogen) atoms. The van der Waals surface area contributed by atoms with Gasteiger partial charge in [0, 0.05) is 17.3 Å². The summed E-state index contributed by atoms with van der Waals surface area (Å²) < 4.78 is 5.62. The Morgan fingerprint density at radius 2 is 2.08 bits per heavy atom. The molecule has 0 aliphatic carbocycles. The van der Waals surface area contributed by atoms with Crippen LogP contribution in [0.1, 0.15) is 37.2 Å². The molecule has 3 rings (SSSR count). The van der Waals surface area contributed by atoms with E-state index in [-0.39, 0.29) is 22.7 Å². The molecule has 0 radical (unpaired) electrons. The second kappa shape index (κ2) is 6.99. The molecule has 0 bridgehead atoms. The van der Waals surface area contributed by atoms with Gasteiger partial charge in [-0.2, -0.15) is 0 Å². The monoisotopic (exact) mass is 378 g/mol. The lowest BCUT2D eigenvalue weighted by atomic mass is 10.1. The highest BCUT2D eigenvalue weighted by Crippen LogP contribution is 2.36. The fourth-order valence-electron chi connectivity index (χ4n) is 3.14. The molecule has 1 atom stereocenters. The number of nitrogens with zero attached hydrogens (tertiary/aromatic N) is 2. The molecule has 7 nitrogen and oxygen atoms in total. The van der Waals surface area contributed by atoms with Gasteiger partial charge in [-0.25, -0.2) is 9.78 Å². The second-order valence-electron chi connectivity index (χ2n) is 6.47. The molecule has 0 unspecified atom stereocenters. The number of likely N-dealkylation sites (tertiary alicyclic amines) is 1. The van der Waals surface area contributed by atoms with Gasteiger partial charge in [0.2, 0.25) is 0 Å². The lowest BCUT2D eigenvalue weighted by Gasteiger charge is -2.22. The molecular formula is C18H19ClN2O5. The SMILES string of the molecule is CC(C)Oc1ccc2c(Cl)nc(C(=O)N3CCC[C@@H]3C(=O)O)c(O)c2c1. The molecule has 138 valence electrons. The van der Waals surface area contributed by atoms with Crippen LogP contribution in [0.25, 0.3) is 10.8 Å². The molecule has 8 heteroatoms. The van der Waals surface area contributed by atoms with Crippen LogP contribution in [0.3, 0.4) is 0 Å². The maximum Gasteiger partial charge on any atom is 0.326 e. The lowest BCUT2D eigenvalue weighted by molar-refractivity contribution is -0.141. The van der Waals surface area contributed by atoms with Gasteiger partial charge in [0.15, 0.2) is 11.4 Å². The first-order valence-electron chi connectivity index (χ1n) is 8.32. The van der Waals surface area contributed by atoms with E-state index in [9.17, 15) is 19.8 Å². The van der Waals surface area contributed by atoms with Crippen LogP contribution in [0.15, 0.2) is 18.2 Å². The van der Waals surface area contributed by atoms with Crippen molar-refractivity contribution in [2.75, 3.05) is 6.54 Å². The first kappa shape index (κ1) is 18.3. The van der Waals surface area contributed by atoms with Gasteiger partial charge in [-0.1, -0.05) is 11.6 Å². The minimum Gasteiger partial charge on any atom is -0.505 e. The summed E-state index contributed by atoms with van der Waals surface area (Å²) in [6, 6.07) is 4.03. The standard InChI is InChI=1S/C18H19ClN2O5/c1-9(2)26-10-5-6-11-12(8-10)15(22)14(20-16(11)19)17(23)21-7-3-4-13(21)18(24)25/h5-6,8-9,13,22H,3-4,7H2,1-2H3,(H,24,25)/t13-/m1/s1. The number of fused-ring (bicyclic) bond motifs is 1. The highest BCUT2D eigenvalue weighted by Gasteiger charge is 2.36. The number of rotatable bonds is 4. The third kappa shape index (κ3) is 3.26. The number of pyridine rings is 1. The number of ether oxygens (including phenoxy) is 1. The van der Waals surface area contributed by atoms with Crippen LogP contribution in [0.4, 0.5) is 0 Å². The van der Waals surface area contributed by atoms with Gasteiger partial charge >= 0.3 is 5.97 Å². The van der Waals surface area contributed by atoms with E-state index in [4.69, 9.17) is 16.3 Å². The van der Waals surface area contributed by atoms with Crippen LogP contribution in [0.5, 0.6) is 11.5 Å². The molecule has 2 N–H and O–H groups in total. The van der Waals surface area contributed by atoms with Crippen molar-refractivity contribution in [1.29, 1.82) is 0 Å². The van der Waals surface area contributed by atoms with Crippen LogP contribution in [0, 0.1) is 0 Å². The molecule has 2 aromatic rings. The number of hydrogen-bond donors (Lipinski definition) is 2. The summed E-state index contributed by atoms with van der Waals surface area (Å²) in [5.74, 6) is -1.53. The van der Waals surface area contributed by atoms with Crippen LogP contribution in [-0.4, -0.2) is 50.7 Å². The number of halogens is 1. The van der Waals surface area contributed by atoms with Crippen molar-refractivity contribution in [3.8, 4) is 11.5 Å². The second-order valence-corrected chi connectivity index (χ2v) is 6.83. The van der Waals surface area contributed by atoms with Gasteiger partial charge in [-0.3, -0.25) is 4.79 Å². The van der Waals surface area contributed by atoms with Crippen molar-refractivity contribution in [3.63, 3.8) is 0 Å². The van der Waals surface area contributed by atoms with Gasteiger partial charge < -0.3 is 19.8 Å². The molecule has 0 spiro atoms. The van der Waals surface area contributed by atoms with Crippen molar-refractivity contribution in [2.45, 2.75) is 38.8 Å². The molecule has 1 fully saturated rings. The topological polar surface area (TPSA) is 100.0 Å². The van der Waals surface area contributed by atoms with Crippen molar-refractivity contribution < 1.29 is 24.5 Å². The van der Waals surface area contributed by atoms with E-state index < -0.39 is 17.9 Å². The Labute approximate surface area is 155 Å². The number of carboxylic acids is 1. The van der Waals surface area contributed by atoms with Crippen molar-refractivity contribution in [1.82, 2.24) is 9.88 Å². The summed E-state index contributed by atoms with van der Waals surface area (Å²) in [6.45, 7) is 4.04. The summed E-state index contributed by atoms with van der Waals surface area (Å²) in [7, 11) is 0. The molecule has 1 aliphatic heterocycles. The average Bonchev–Trinajstić information content (AvgIpc) is 3.07. The molecule has 0 saturated carbocycles. The zero-order chi connectivity index (χ0) is 19.0. The molecule has 1 aromatic carbocycles. The number of hydrogen-bond acceptors (Lipinski definition) is 5. The molecule has 1 aliphatic rings. The van der Waals surface area contributed by atoms with Crippen LogP contribution >= 0.6 is 11.6 Å². The highest BCUT2D eigenvalue weighted by atomic mass is 35.5. The van der Waals surface area contributed by atoms with Gasteiger partial charge in [-0.15, -0.1) is 0 Å². The lowest BCUT2D eigenvalue weighted by Crippen LogP contribution is -2.40. The Morgan fingerprint density at radius 3 is 2.73 bits per heavy atom. The van der Waals surface area contributed by atoms with Crippen LogP contribution in [-0.2, 0) is 4.79 Å². The molecule has 1 amide bonds. The predicted octanol–water partition coefficient (Wildman–Crippen LogP) is 3.07. The van der Waals surface area contributed by atoms with Gasteiger partial charge in [0.25, 0.3) is 5.91 Å². The van der Waals surface area contributed by atoms with Gasteiger partial charge in [0.1, 0.15) is 16.9 Å². The Morgan fingerprint density at radius 1 is 1.35 bits per heavy atom. The summed E-state index contributed by atoms with van der Waals surface area (Å²) in [5, 5.41) is 20.8. The van der Waals surface area contributed by atoms with E-state index in [0.29, 0.717) is 35.9 Å². The third-order valence-electron chi connectivity index (χ3n) is 4.28. The zero-order valence-electron chi connectivity index (χ0n) is 14.4. The third-order valence-corrected chi connectivity index (χ3v) is 4.56. The van der Waals surface area contributed by atoms with E-state index >= 15 is 0 Å². The number of carbonyl (C=O) groups is 2. The predicted molar refractivity (Wildman–Crippen MR) is 95.9 cm³/mol. The Balaban J connectivity index is 2.07. The largest absolute Gasteiger partial charge is 0.505 e. The Bertz CT molecular complexity index is 884. The maximum atomic E-state index is 12.8. The Hall–Kier alpha value is -2.54. The van der Waals surface area contributed by atoms with E-state index in [1.54, 1.807) is 18.2 Å². The molecule has 1 aromatic heterocycles. The number of carbonyl (C=O) groups excluding carboxylic acids is 1. The number of aromatic hydroxyl groups is 1. The summed E-state index contributed by atoms with van der Waals surface area (Å²) in [6.07, 6.45) is 0.890. The Kier molecular flexibility index (Phi) is 4.91. The van der Waals surface area contributed by atoms with Crippen molar-refractivity contribution >= 4 is 34.2 Å². The van der Waals surface area contributed by atoms with E-state index in [1.807, 2.05) is 13.8 Å².